The molecule has 0 radical (unpaired) electrons. The number of nitrogens with zero attached hydrogens (tertiary/aromatic N) is 1. The maximum atomic E-state index is 10.8. The van der Waals surface area contributed by atoms with Crippen molar-refractivity contribution >= 4 is 0 Å². The van der Waals surface area contributed by atoms with Crippen LogP contribution in [0, 0.1) is 0 Å². The Morgan fingerprint density at radius 3 is 2.47 bits per heavy atom. The number of aliphatic hydroxyl groups is 1. The molecule has 106 valence electrons. The van der Waals surface area contributed by atoms with Gasteiger partial charge in [-0.3, -0.25) is 0 Å². The van der Waals surface area contributed by atoms with Crippen LogP contribution in [0.1, 0.15) is 50.7 Å². The van der Waals surface area contributed by atoms with Crippen molar-refractivity contribution in [3.8, 4) is 0 Å². The van der Waals surface area contributed by atoms with Gasteiger partial charge in [0.05, 0.1) is 5.60 Å². The summed E-state index contributed by atoms with van der Waals surface area (Å²) >= 11 is 0. The summed E-state index contributed by atoms with van der Waals surface area (Å²) in [6.45, 7) is 7.61. The van der Waals surface area contributed by atoms with Gasteiger partial charge < -0.3 is 10.0 Å². The second-order valence-corrected chi connectivity index (χ2v) is 6.58. The summed E-state index contributed by atoms with van der Waals surface area (Å²) in [6.07, 6.45) is 2.53. The van der Waals surface area contributed by atoms with Crippen LogP contribution < -0.4 is 0 Å². The second kappa shape index (κ2) is 5.64. The van der Waals surface area contributed by atoms with E-state index in [0.717, 1.165) is 25.8 Å². The standard InChI is InChI=1S/C17H27NO/c1-13(2)16-7-5-15(6-8-16)12-17(19)9-10-18(4)14(3)11-17/h5-8,13-14,19H,9-12H2,1-4H3. The van der Waals surface area contributed by atoms with E-state index in [1.807, 2.05) is 0 Å². The molecule has 2 rings (SSSR count). The van der Waals surface area contributed by atoms with Crippen LogP contribution in [0.4, 0.5) is 0 Å². The lowest BCUT2D eigenvalue weighted by Gasteiger charge is -2.41. The van der Waals surface area contributed by atoms with Crippen molar-refractivity contribution in [3.63, 3.8) is 0 Å². The summed E-state index contributed by atoms with van der Waals surface area (Å²) in [6, 6.07) is 9.21. The molecule has 0 aromatic heterocycles. The van der Waals surface area contributed by atoms with Gasteiger partial charge in [0.25, 0.3) is 0 Å². The average Bonchev–Trinajstić information content (AvgIpc) is 2.35. The normalized spacial score (nSPS) is 28.8. The smallest absolute Gasteiger partial charge is 0.0714 e. The largest absolute Gasteiger partial charge is 0.389 e. The van der Waals surface area contributed by atoms with E-state index in [2.05, 4.69) is 57.0 Å². The van der Waals surface area contributed by atoms with E-state index in [9.17, 15) is 5.11 Å². The van der Waals surface area contributed by atoms with E-state index in [0.29, 0.717) is 12.0 Å². The van der Waals surface area contributed by atoms with Crippen molar-refractivity contribution in [2.75, 3.05) is 13.6 Å². The Balaban J connectivity index is 2.04. The van der Waals surface area contributed by atoms with Crippen LogP contribution in [0.15, 0.2) is 24.3 Å². The Morgan fingerprint density at radius 1 is 1.32 bits per heavy atom. The molecular formula is C17H27NO. The van der Waals surface area contributed by atoms with E-state index in [-0.39, 0.29) is 0 Å². The van der Waals surface area contributed by atoms with E-state index in [1.165, 1.54) is 11.1 Å². The van der Waals surface area contributed by atoms with Crippen LogP contribution in [-0.2, 0) is 6.42 Å². The highest BCUT2D eigenvalue weighted by Gasteiger charge is 2.34. The quantitative estimate of drug-likeness (QED) is 0.903. The maximum absolute atomic E-state index is 10.8. The summed E-state index contributed by atoms with van der Waals surface area (Å²) in [4.78, 5) is 2.33. The van der Waals surface area contributed by atoms with Crippen molar-refractivity contribution < 1.29 is 5.11 Å². The highest BCUT2D eigenvalue weighted by Crippen LogP contribution is 2.29. The highest BCUT2D eigenvalue weighted by molar-refractivity contribution is 5.26. The van der Waals surface area contributed by atoms with Gasteiger partial charge in [-0.1, -0.05) is 38.1 Å². The van der Waals surface area contributed by atoms with Crippen LogP contribution in [0.2, 0.25) is 0 Å². The number of piperidine rings is 1. The van der Waals surface area contributed by atoms with Gasteiger partial charge in [-0.2, -0.15) is 0 Å². The molecule has 0 aliphatic carbocycles. The summed E-state index contributed by atoms with van der Waals surface area (Å²) in [5.41, 5.74) is 2.10. The topological polar surface area (TPSA) is 23.5 Å². The fourth-order valence-corrected chi connectivity index (χ4v) is 2.97. The summed E-state index contributed by atoms with van der Waals surface area (Å²) in [5.74, 6) is 0.570. The minimum absolute atomic E-state index is 0.466. The zero-order chi connectivity index (χ0) is 14.0. The molecule has 1 aromatic carbocycles. The van der Waals surface area contributed by atoms with E-state index < -0.39 is 5.60 Å². The molecule has 0 saturated carbocycles. The first-order valence-corrected chi connectivity index (χ1v) is 7.41. The predicted octanol–water partition coefficient (Wildman–Crippen LogP) is 3.20. The van der Waals surface area contributed by atoms with Crippen molar-refractivity contribution in [1.82, 2.24) is 4.90 Å². The molecule has 2 nitrogen and oxygen atoms in total. The lowest BCUT2D eigenvalue weighted by atomic mass is 9.82. The second-order valence-electron chi connectivity index (χ2n) is 6.58. The third-order valence-corrected chi connectivity index (χ3v) is 4.54. The third-order valence-electron chi connectivity index (χ3n) is 4.54. The van der Waals surface area contributed by atoms with Crippen LogP contribution in [-0.4, -0.2) is 35.2 Å². The fourth-order valence-electron chi connectivity index (χ4n) is 2.97. The summed E-state index contributed by atoms with van der Waals surface area (Å²) < 4.78 is 0. The zero-order valence-corrected chi connectivity index (χ0v) is 12.7. The SMILES string of the molecule is CC(C)c1ccc(CC2(O)CCN(C)C(C)C2)cc1. The number of rotatable bonds is 3. The van der Waals surface area contributed by atoms with Crippen LogP contribution in [0.25, 0.3) is 0 Å². The molecule has 1 saturated heterocycles. The van der Waals surface area contributed by atoms with E-state index in [1.54, 1.807) is 0 Å². The molecule has 2 atom stereocenters. The Bertz CT molecular complexity index is 412. The Labute approximate surface area is 117 Å². The monoisotopic (exact) mass is 261 g/mol. The predicted molar refractivity (Wildman–Crippen MR) is 80.5 cm³/mol. The molecule has 1 fully saturated rings. The van der Waals surface area contributed by atoms with Gasteiger partial charge in [0.15, 0.2) is 0 Å². The highest BCUT2D eigenvalue weighted by atomic mass is 16.3. The number of likely N-dealkylation sites (tertiary alicyclic amines) is 1. The van der Waals surface area contributed by atoms with Crippen molar-refractivity contribution in [2.24, 2.45) is 0 Å². The first-order chi connectivity index (χ1) is 8.89. The third kappa shape index (κ3) is 3.58. The van der Waals surface area contributed by atoms with Crippen LogP contribution >= 0.6 is 0 Å². The molecule has 1 aliphatic heterocycles. The van der Waals surface area contributed by atoms with Gasteiger partial charge in [-0.05, 0) is 43.9 Å². The number of benzene rings is 1. The van der Waals surface area contributed by atoms with E-state index >= 15 is 0 Å². The van der Waals surface area contributed by atoms with Crippen molar-refractivity contribution in [1.29, 1.82) is 0 Å². The molecule has 0 bridgehead atoms. The van der Waals surface area contributed by atoms with Gasteiger partial charge in [-0.25, -0.2) is 0 Å². The van der Waals surface area contributed by atoms with Crippen molar-refractivity contribution in [3.05, 3.63) is 35.4 Å². The molecule has 2 unspecified atom stereocenters. The summed E-state index contributed by atoms with van der Waals surface area (Å²) in [7, 11) is 2.14. The molecular weight excluding hydrogens is 234 g/mol. The first-order valence-electron chi connectivity index (χ1n) is 7.41. The minimum atomic E-state index is -0.523. The van der Waals surface area contributed by atoms with Gasteiger partial charge in [0, 0.05) is 19.0 Å². The van der Waals surface area contributed by atoms with Crippen molar-refractivity contribution in [2.45, 2.75) is 57.6 Å². The number of hydrogen-bond donors (Lipinski definition) is 1. The number of hydrogen-bond acceptors (Lipinski definition) is 2. The average molecular weight is 261 g/mol. The van der Waals surface area contributed by atoms with Gasteiger partial charge in [0.1, 0.15) is 0 Å². The lowest BCUT2D eigenvalue weighted by molar-refractivity contribution is -0.0353. The minimum Gasteiger partial charge on any atom is -0.389 e. The molecule has 0 spiro atoms. The molecule has 1 heterocycles. The van der Waals surface area contributed by atoms with Crippen LogP contribution in [0.5, 0.6) is 0 Å². The fraction of sp³-hybridized carbons (Fsp3) is 0.647. The summed E-state index contributed by atoms with van der Waals surface area (Å²) in [5, 5.41) is 10.8. The molecule has 1 aliphatic rings. The van der Waals surface area contributed by atoms with Crippen LogP contribution in [0.3, 0.4) is 0 Å². The Hall–Kier alpha value is -0.860. The Kier molecular flexibility index (Phi) is 4.32. The lowest BCUT2D eigenvalue weighted by Crippen LogP contribution is -2.48. The van der Waals surface area contributed by atoms with Gasteiger partial charge >= 0.3 is 0 Å². The Morgan fingerprint density at radius 2 is 1.95 bits per heavy atom. The first kappa shape index (κ1) is 14.5. The molecule has 0 amide bonds. The van der Waals surface area contributed by atoms with E-state index in [4.69, 9.17) is 0 Å². The molecule has 1 N–H and O–H groups in total. The zero-order valence-electron chi connectivity index (χ0n) is 12.7. The van der Waals surface area contributed by atoms with Gasteiger partial charge in [0.2, 0.25) is 0 Å². The maximum Gasteiger partial charge on any atom is 0.0714 e. The molecule has 2 heteroatoms. The molecule has 19 heavy (non-hydrogen) atoms. The molecule has 1 aromatic rings. The van der Waals surface area contributed by atoms with Gasteiger partial charge in [-0.15, -0.1) is 0 Å².